The molecule has 1 aromatic heterocycles. The van der Waals surface area contributed by atoms with Crippen LogP contribution in [0.5, 0.6) is 5.75 Å². The van der Waals surface area contributed by atoms with E-state index < -0.39 is 5.54 Å². The number of amides is 3. The SMILES string of the molecule is CCc1ccc(CN2CCC(C3(Cc4cccc(OC)c4)NC(=O)N(C)C3=O)CC2)o1. The van der Waals surface area contributed by atoms with E-state index >= 15 is 0 Å². The number of nitrogens with zero attached hydrogens (tertiary/aromatic N) is 2. The third kappa shape index (κ3) is 4.19. The molecule has 4 rings (SSSR count). The predicted molar refractivity (Wildman–Crippen MR) is 117 cm³/mol. The maximum absolute atomic E-state index is 13.3. The predicted octanol–water partition coefficient (Wildman–Crippen LogP) is 3.23. The Morgan fingerprint density at radius 2 is 1.90 bits per heavy atom. The van der Waals surface area contributed by atoms with Crippen LogP contribution in [0, 0.1) is 5.92 Å². The van der Waals surface area contributed by atoms with E-state index in [0.29, 0.717) is 6.42 Å². The number of methoxy groups -OCH3 is 1. The molecule has 0 radical (unpaired) electrons. The van der Waals surface area contributed by atoms with E-state index in [1.54, 1.807) is 14.2 Å². The van der Waals surface area contributed by atoms with Gasteiger partial charge in [0.05, 0.1) is 13.7 Å². The smallest absolute Gasteiger partial charge is 0.324 e. The molecule has 3 amide bonds. The molecule has 0 aliphatic carbocycles. The number of nitrogens with one attached hydrogen (secondary N) is 1. The van der Waals surface area contributed by atoms with Gasteiger partial charge in [-0.2, -0.15) is 0 Å². The Balaban J connectivity index is 1.50. The Bertz CT molecular complexity index is 948. The fourth-order valence-corrected chi connectivity index (χ4v) is 4.87. The van der Waals surface area contributed by atoms with Gasteiger partial charge in [0.15, 0.2) is 0 Å². The lowest BCUT2D eigenvalue weighted by atomic mass is 9.74. The van der Waals surface area contributed by atoms with E-state index in [9.17, 15) is 9.59 Å². The summed E-state index contributed by atoms with van der Waals surface area (Å²) >= 11 is 0. The topological polar surface area (TPSA) is 75.0 Å². The molecule has 166 valence electrons. The standard InChI is InChI=1S/C24H31N3O4/c1-4-19-8-9-21(31-19)16-27-12-10-18(11-13-27)24(22(28)26(2)23(29)25-24)15-17-6-5-7-20(14-17)30-3/h5-9,14,18H,4,10-13,15-16H2,1-3H3,(H,25,29). The molecule has 1 aromatic carbocycles. The number of hydrogen-bond donors (Lipinski definition) is 1. The van der Waals surface area contributed by atoms with Crippen LogP contribution < -0.4 is 10.1 Å². The Kier molecular flexibility index (Phi) is 6.05. The highest BCUT2D eigenvalue weighted by molar-refractivity contribution is 6.07. The lowest BCUT2D eigenvalue weighted by molar-refractivity contribution is -0.133. The molecular formula is C24H31N3O4. The molecule has 2 saturated heterocycles. The van der Waals surface area contributed by atoms with Crippen LogP contribution in [-0.2, 0) is 24.2 Å². The van der Waals surface area contributed by atoms with Gasteiger partial charge >= 0.3 is 6.03 Å². The van der Waals surface area contributed by atoms with Crippen LogP contribution in [0.2, 0.25) is 0 Å². The highest BCUT2D eigenvalue weighted by Crippen LogP contribution is 2.37. The second-order valence-electron chi connectivity index (χ2n) is 8.57. The number of carbonyl (C=O) groups is 2. The second kappa shape index (κ2) is 8.75. The number of likely N-dealkylation sites (N-methyl/N-ethyl adjacent to an activating group) is 1. The summed E-state index contributed by atoms with van der Waals surface area (Å²) in [5.41, 5.74) is 0.0677. The number of imide groups is 1. The van der Waals surface area contributed by atoms with Gasteiger partial charge < -0.3 is 14.5 Å². The van der Waals surface area contributed by atoms with Gasteiger partial charge in [0, 0.05) is 19.9 Å². The Labute approximate surface area is 183 Å². The summed E-state index contributed by atoms with van der Waals surface area (Å²) in [7, 11) is 3.19. The fourth-order valence-electron chi connectivity index (χ4n) is 4.87. The normalized spacial score (nSPS) is 22.7. The molecule has 2 fully saturated rings. The third-order valence-corrected chi connectivity index (χ3v) is 6.67. The Hall–Kier alpha value is -2.80. The summed E-state index contributed by atoms with van der Waals surface area (Å²) in [4.78, 5) is 29.3. The number of urea groups is 1. The van der Waals surface area contributed by atoms with Gasteiger partial charge in [-0.1, -0.05) is 19.1 Å². The molecule has 0 saturated carbocycles. The van der Waals surface area contributed by atoms with Crippen LogP contribution in [0.15, 0.2) is 40.8 Å². The lowest BCUT2D eigenvalue weighted by Gasteiger charge is -2.40. The van der Waals surface area contributed by atoms with Crippen LogP contribution in [0.4, 0.5) is 4.79 Å². The second-order valence-corrected chi connectivity index (χ2v) is 8.57. The molecule has 2 aromatic rings. The van der Waals surface area contributed by atoms with Gasteiger partial charge in [-0.15, -0.1) is 0 Å². The van der Waals surface area contributed by atoms with Gasteiger partial charge in [-0.3, -0.25) is 14.6 Å². The number of likely N-dealkylation sites (tertiary alicyclic amines) is 1. The first-order chi connectivity index (χ1) is 14.9. The van der Waals surface area contributed by atoms with E-state index in [2.05, 4.69) is 17.1 Å². The van der Waals surface area contributed by atoms with Crippen molar-refractivity contribution >= 4 is 11.9 Å². The van der Waals surface area contributed by atoms with E-state index in [-0.39, 0.29) is 17.9 Å². The minimum absolute atomic E-state index is 0.0687. The summed E-state index contributed by atoms with van der Waals surface area (Å²) in [5, 5.41) is 3.06. The molecule has 1 N–H and O–H groups in total. The van der Waals surface area contributed by atoms with Gasteiger partial charge in [0.25, 0.3) is 5.91 Å². The molecule has 7 heteroatoms. The zero-order valence-electron chi connectivity index (χ0n) is 18.5. The highest BCUT2D eigenvalue weighted by atomic mass is 16.5. The van der Waals surface area contributed by atoms with Gasteiger partial charge in [0.2, 0.25) is 0 Å². The maximum atomic E-state index is 13.3. The zero-order chi connectivity index (χ0) is 22.0. The molecule has 2 aliphatic rings. The van der Waals surface area contributed by atoms with Gasteiger partial charge in [-0.25, -0.2) is 4.79 Å². The molecule has 7 nitrogen and oxygen atoms in total. The molecular weight excluding hydrogens is 394 g/mol. The molecule has 0 spiro atoms. The van der Waals surface area contributed by atoms with Crippen molar-refractivity contribution in [3.8, 4) is 5.75 Å². The average Bonchev–Trinajstić information content (AvgIpc) is 3.33. The third-order valence-electron chi connectivity index (χ3n) is 6.67. The van der Waals surface area contributed by atoms with Gasteiger partial charge in [-0.05, 0) is 61.7 Å². The zero-order valence-corrected chi connectivity index (χ0v) is 18.5. The summed E-state index contributed by atoms with van der Waals surface area (Å²) in [6, 6.07) is 11.5. The summed E-state index contributed by atoms with van der Waals surface area (Å²) in [6.45, 7) is 4.58. The van der Waals surface area contributed by atoms with Crippen molar-refractivity contribution in [1.82, 2.24) is 15.1 Å². The number of ether oxygens (including phenoxy) is 1. The molecule has 31 heavy (non-hydrogen) atoms. The lowest BCUT2D eigenvalue weighted by Crippen LogP contribution is -2.57. The number of aryl methyl sites for hydroxylation is 1. The first kappa shape index (κ1) is 21.4. The van der Waals surface area contributed by atoms with Crippen molar-refractivity contribution in [2.45, 2.75) is 44.7 Å². The molecule has 1 unspecified atom stereocenters. The number of carbonyl (C=O) groups excluding carboxylic acids is 2. The van der Waals surface area contributed by atoms with E-state index in [1.165, 1.54) is 4.90 Å². The van der Waals surface area contributed by atoms with E-state index in [4.69, 9.17) is 9.15 Å². The molecule has 3 heterocycles. The summed E-state index contributed by atoms with van der Waals surface area (Å²) in [5.74, 6) is 2.66. The first-order valence-corrected chi connectivity index (χ1v) is 11.0. The van der Waals surface area contributed by atoms with Crippen LogP contribution in [0.3, 0.4) is 0 Å². The Morgan fingerprint density at radius 1 is 1.16 bits per heavy atom. The number of furan rings is 1. The van der Waals surface area contributed by atoms with Crippen LogP contribution >= 0.6 is 0 Å². The van der Waals surface area contributed by atoms with Crippen molar-refractivity contribution in [1.29, 1.82) is 0 Å². The number of piperidine rings is 1. The Morgan fingerprint density at radius 3 is 2.52 bits per heavy atom. The minimum Gasteiger partial charge on any atom is -0.497 e. The van der Waals surface area contributed by atoms with E-state index in [0.717, 1.165) is 61.7 Å². The maximum Gasteiger partial charge on any atom is 0.324 e. The summed E-state index contributed by atoms with van der Waals surface area (Å²) < 4.78 is 11.2. The minimum atomic E-state index is -0.912. The quantitative estimate of drug-likeness (QED) is 0.690. The van der Waals surface area contributed by atoms with E-state index in [1.807, 2.05) is 36.4 Å². The largest absolute Gasteiger partial charge is 0.497 e. The van der Waals surface area contributed by atoms with Crippen molar-refractivity contribution in [2.75, 3.05) is 27.2 Å². The summed E-state index contributed by atoms with van der Waals surface area (Å²) in [6.07, 6.45) is 3.03. The number of benzene rings is 1. The van der Waals surface area contributed by atoms with Crippen LogP contribution in [0.25, 0.3) is 0 Å². The number of rotatable bonds is 7. The first-order valence-electron chi connectivity index (χ1n) is 11.0. The molecule has 2 aliphatic heterocycles. The number of hydrogen-bond acceptors (Lipinski definition) is 5. The van der Waals surface area contributed by atoms with Gasteiger partial charge in [0.1, 0.15) is 22.8 Å². The van der Waals surface area contributed by atoms with Crippen molar-refractivity contribution < 1.29 is 18.7 Å². The highest BCUT2D eigenvalue weighted by Gasteiger charge is 2.54. The van der Waals surface area contributed by atoms with Crippen LogP contribution in [-0.4, -0.2) is 54.5 Å². The molecule has 0 bridgehead atoms. The van der Waals surface area contributed by atoms with Crippen molar-refractivity contribution in [3.63, 3.8) is 0 Å². The fraction of sp³-hybridized carbons (Fsp3) is 0.500. The van der Waals surface area contributed by atoms with Crippen molar-refractivity contribution in [3.05, 3.63) is 53.5 Å². The van der Waals surface area contributed by atoms with Crippen LogP contribution in [0.1, 0.15) is 36.8 Å². The average molecular weight is 426 g/mol. The monoisotopic (exact) mass is 425 g/mol. The molecule has 1 atom stereocenters. The van der Waals surface area contributed by atoms with Crippen molar-refractivity contribution in [2.24, 2.45) is 5.92 Å².